The zero-order valence-electron chi connectivity index (χ0n) is 23.1. The van der Waals surface area contributed by atoms with Gasteiger partial charge in [-0.2, -0.15) is 18.2 Å². The van der Waals surface area contributed by atoms with Gasteiger partial charge in [-0.1, -0.05) is 23.4 Å². The molecule has 0 bridgehead atoms. The zero-order valence-corrected chi connectivity index (χ0v) is 23.1. The number of hydrogen-bond donors (Lipinski definition) is 1. The van der Waals surface area contributed by atoms with E-state index in [-0.39, 0.29) is 49.4 Å². The highest BCUT2D eigenvalue weighted by molar-refractivity contribution is 5.94. The van der Waals surface area contributed by atoms with Crippen molar-refractivity contribution in [1.29, 1.82) is 0 Å². The Morgan fingerprint density at radius 3 is 2.74 bits per heavy atom. The van der Waals surface area contributed by atoms with Crippen molar-refractivity contribution in [2.45, 2.75) is 50.7 Å². The van der Waals surface area contributed by atoms with Gasteiger partial charge in [-0.3, -0.25) is 14.6 Å². The number of aryl methyl sites for hydroxylation is 1. The molecule has 1 fully saturated rings. The van der Waals surface area contributed by atoms with Crippen LogP contribution < -0.4 is 4.74 Å². The number of aromatic nitrogens is 4. The Bertz CT molecular complexity index is 1700. The summed E-state index contributed by atoms with van der Waals surface area (Å²) < 4.78 is 49.8. The van der Waals surface area contributed by atoms with Crippen LogP contribution in [0.3, 0.4) is 0 Å². The Kier molecular flexibility index (Phi) is 8.02. The van der Waals surface area contributed by atoms with Crippen molar-refractivity contribution in [2.24, 2.45) is 0 Å². The van der Waals surface area contributed by atoms with Crippen LogP contribution in [0.5, 0.6) is 5.75 Å². The van der Waals surface area contributed by atoms with Crippen LogP contribution in [0, 0.1) is 6.92 Å². The van der Waals surface area contributed by atoms with Gasteiger partial charge in [0.15, 0.2) is 5.78 Å². The molecule has 3 aromatic heterocycles. The number of carbonyl (C=O) groups excluding carboxylic acids is 3. The summed E-state index contributed by atoms with van der Waals surface area (Å²) in [6.07, 6.45) is 0.810. The Hall–Kier alpha value is -5.01. The fraction of sp³-hybridized carbons (Fsp3) is 0.310. The SMILES string of the molecule is COc1cc2nc(C)ccc2cc1-c1cnc([C@@]2(C/C=C/CCC(=O)c3ccon3)CCC(=O)N2OC(=O)C(F)(F)F)[nH]1. The van der Waals surface area contributed by atoms with E-state index >= 15 is 0 Å². The van der Waals surface area contributed by atoms with Gasteiger partial charge < -0.3 is 19.1 Å². The molecule has 43 heavy (non-hydrogen) atoms. The summed E-state index contributed by atoms with van der Waals surface area (Å²) in [5.41, 5.74) is 1.18. The van der Waals surface area contributed by atoms with Gasteiger partial charge in [0.25, 0.3) is 5.91 Å². The van der Waals surface area contributed by atoms with E-state index in [1.54, 1.807) is 18.2 Å². The smallest absolute Gasteiger partial charge is 0.493 e. The van der Waals surface area contributed by atoms with Gasteiger partial charge >= 0.3 is 12.1 Å². The molecule has 5 rings (SSSR count). The summed E-state index contributed by atoms with van der Waals surface area (Å²) in [6.45, 7) is 1.86. The number of aromatic amines is 1. The molecule has 0 aliphatic carbocycles. The fourth-order valence-corrected chi connectivity index (χ4v) is 4.95. The van der Waals surface area contributed by atoms with Crippen LogP contribution in [0.25, 0.3) is 22.2 Å². The number of fused-ring (bicyclic) bond motifs is 1. The molecule has 1 saturated heterocycles. The monoisotopic (exact) mass is 597 g/mol. The van der Waals surface area contributed by atoms with E-state index in [0.29, 0.717) is 27.6 Å². The van der Waals surface area contributed by atoms with Gasteiger partial charge in [-0.15, -0.1) is 0 Å². The van der Waals surface area contributed by atoms with E-state index in [2.05, 4.69) is 29.5 Å². The molecule has 1 N–H and O–H groups in total. The predicted octanol–water partition coefficient (Wildman–Crippen LogP) is 5.38. The number of alkyl halides is 3. The highest BCUT2D eigenvalue weighted by atomic mass is 19.4. The topological polar surface area (TPSA) is 141 Å². The Morgan fingerprint density at radius 2 is 2.02 bits per heavy atom. The summed E-state index contributed by atoms with van der Waals surface area (Å²) in [5.74, 6) is -3.02. The van der Waals surface area contributed by atoms with E-state index in [4.69, 9.17) is 4.74 Å². The second-order valence-electron chi connectivity index (χ2n) is 9.96. The molecule has 0 spiro atoms. The lowest BCUT2D eigenvalue weighted by molar-refractivity contribution is -0.250. The lowest BCUT2D eigenvalue weighted by Crippen LogP contribution is -2.47. The number of ether oxygens (including phenoxy) is 1. The van der Waals surface area contributed by atoms with Crippen molar-refractivity contribution in [3.8, 4) is 17.0 Å². The van der Waals surface area contributed by atoms with E-state index < -0.39 is 23.6 Å². The van der Waals surface area contributed by atoms with Crippen molar-refractivity contribution < 1.29 is 41.7 Å². The molecule has 0 unspecified atom stereocenters. The van der Waals surface area contributed by atoms with Crippen LogP contribution in [-0.2, 0) is 20.0 Å². The van der Waals surface area contributed by atoms with Crippen LogP contribution in [0.1, 0.15) is 54.1 Å². The third-order valence-electron chi connectivity index (χ3n) is 7.11. The number of imidazole rings is 1. The summed E-state index contributed by atoms with van der Waals surface area (Å²) in [6, 6.07) is 8.78. The maximum atomic E-state index is 13.2. The number of nitrogens with one attached hydrogen (secondary N) is 1. The number of carbonyl (C=O) groups is 3. The van der Waals surface area contributed by atoms with Gasteiger partial charge in [0, 0.05) is 41.6 Å². The molecule has 1 aromatic carbocycles. The quantitative estimate of drug-likeness (QED) is 0.188. The number of halogens is 3. The Morgan fingerprint density at radius 1 is 1.21 bits per heavy atom. The number of methoxy groups -OCH3 is 1. The maximum absolute atomic E-state index is 13.2. The van der Waals surface area contributed by atoms with E-state index in [9.17, 15) is 27.6 Å². The van der Waals surface area contributed by atoms with E-state index in [1.165, 1.54) is 25.6 Å². The summed E-state index contributed by atoms with van der Waals surface area (Å²) >= 11 is 0. The first-order valence-electron chi connectivity index (χ1n) is 13.2. The van der Waals surface area contributed by atoms with Crippen molar-refractivity contribution in [3.63, 3.8) is 0 Å². The normalized spacial score (nSPS) is 17.2. The number of allylic oxidation sites excluding steroid dienone is 1. The van der Waals surface area contributed by atoms with Crippen LogP contribution in [0.2, 0.25) is 0 Å². The summed E-state index contributed by atoms with van der Waals surface area (Å²) in [7, 11) is 1.49. The number of nitrogens with zero attached hydrogens (tertiary/aromatic N) is 4. The highest BCUT2D eigenvalue weighted by Gasteiger charge is 2.54. The molecule has 1 aliphatic heterocycles. The van der Waals surface area contributed by atoms with Crippen molar-refractivity contribution in [2.75, 3.05) is 7.11 Å². The first kappa shape index (κ1) is 29.5. The third kappa shape index (κ3) is 5.98. The van der Waals surface area contributed by atoms with Crippen LogP contribution in [0.4, 0.5) is 13.2 Å². The molecule has 1 atom stereocenters. The number of ketones is 1. The van der Waals surface area contributed by atoms with Crippen molar-refractivity contribution in [1.82, 2.24) is 25.2 Å². The first-order valence-corrected chi connectivity index (χ1v) is 13.2. The molecule has 1 amide bonds. The highest BCUT2D eigenvalue weighted by Crippen LogP contribution is 2.44. The number of H-pyrrole nitrogens is 1. The van der Waals surface area contributed by atoms with Gasteiger partial charge in [-0.25, -0.2) is 9.78 Å². The summed E-state index contributed by atoms with van der Waals surface area (Å²) in [4.78, 5) is 53.6. The molecule has 0 radical (unpaired) electrons. The van der Waals surface area contributed by atoms with Crippen LogP contribution in [-0.4, -0.2) is 56.1 Å². The fourth-order valence-electron chi connectivity index (χ4n) is 4.95. The predicted molar refractivity (Wildman–Crippen MR) is 144 cm³/mol. The molecule has 4 heterocycles. The number of hydroxylamine groups is 2. The van der Waals surface area contributed by atoms with Gasteiger partial charge in [0.1, 0.15) is 29.1 Å². The Labute approximate surface area is 242 Å². The van der Waals surface area contributed by atoms with Crippen LogP contribution >= 0.6 is 0 Å². The molecular weight excluding hydrogens is 571 g/mol. The number of Topliss-reactive ketones (excluding diaryl/α,β-unsaturated/α-hetero) is 1. The zero-order chi connectivity index (χ0) is 30.8. The average Bonchev–Trinajstić information content (AvgIpc) is 3.74. The van der Waals surface area contributed by atoms with Gasteiger partial charge in [0.2, 0.25) is 0 Å². The largest absolute Gasteiger partial charge is 0.496 e. The lowest BCUT2D eigenvalue weighted by Gasteiger charge is -2.34. The van der Waals surface area contributed by atoms with Gasteiger partial charge in [-0.05, 0) is 38.3 Å². The maximum Gasteiger partial charge on any atom is 0.493 e. The molecular formula is C29H26F3N5O6. The van der Waals surface area contributed by atoms with Gasteiger partial charge in [0.05, 0.1) is 24.5 Å². The number of pyridine rings is 1. The number of amides is 1. The molecule has 224 valence electrons. The molecule has 1 aliphatic rings. The second kappa shape index (κ2) is 11.7. The van der Waals surface area contributed by atoms with E-state index in [0.717, 1.165) is 11.1 Å². The molecule has 14 heteroatoms. The molecule has 0 saturated carbocycles. The first-order chi connectivity index (χ1) is 20.5. The molecule has 11 nitrogen and oxygen atoms in total. The number of hydrogen-bond acceptors (Lipinski definition) is 9. The minimum Gasteiger partial charge on any atom is -0.496 e. The van der Waals surface area contributed by atoms with Crippen LogP contribution in [0.15, 0.2) is 59.5 Å². The van der Waals surface area contributed by atoms with E-state index in [1.807, 2.05) is 25.1 Å². The Balaban J connectivity index is 1.48. The second-order valence-corrected chi connectivity index (χ2v) is 9.96. The minimum absolute atomic E-state index is 0.00415. The minimum atomic E-state index is -5.33. The number of benzene rings is 1. The molecule has 4 aromatic rings. The third-order valence-corrected chi connectivity index (χ3v) is 7.11. The van der Waals surface area contributed by atoms with Crippen molar-refractivity contribution in [3.05, 3.63) is 72.2 Å². The number of rotatable bonds is 10. The summed E-state index contributed by atoms with van der Waals surface area (Å²) in [5, 5.41) is 4.87. The standard InChI is InChI=1S/C29H26F3N5O6/c1-17-7-8-18-14-19(24(41-2)15-21(18)34-17)22-16-33-26(35-22)28(11-5-3-4-6-23(38)20-10-13-42-36-20)12-9-25(39)37(28)43-27(40)29(30,31)32/h3,5,7-8,10,13-16H,4,6,9,11-12H2,1-2H3,(H,33,35)/b5-3+/t28-/m1/s1. The average molecular weight is 598 g/mol. The lowest BCUT2D eigenvalue weighted by atomic mass is 9.91. The van der Waals surface area contributed by atoms with Crippen molar-refractivity contribution >= 4 is 28.6 Å².